The summed E-state index contributed by atoms with van der Waals surface area (Å²) in [6, 6.07) is 11.4. The number of aryl methyl sites for hydroxylation is 2. The van der Waals surface area contributed by atoms with E-state index in [1.54, 1.807) is 25.3 Å². The third-order valence-corrected chi connectivity index (χ3v) is 4.03. The van der Waals surface area contributed by atoms with Crippen molar-refractivity contribution < 1.29 is 9.84 Å². The van der Waals surface area contributed by atoms with Crippen LogP contribution in [0.1, 0.15) is 42.2 Å². The van der Waals surface area contributed by atoms with Gasteiger partial charge in [-0.15, -0.1) is 0 Å². The van der Waals surface area contributed by atoms with Crippen LogP contribution in [-0.4, -0.2) is 12.2 Å². The van der Waals surface area contributed by atoms with Gasteiger partial charge in [-0.3, -0.25) is 0 Å². The van der Waals surface area contributed by atoms with Crippen molar-refractivity contribution in [3.8, 4) is 5.75 Å². The third-order valence-electron chi connectivity index (χ3n) is 3.79. The Kier molecular flexibility index (Phi) is 5.27. The molecule has 0 aliphatic heterocycles. The number of rotatable bonds is 5. The summed E-state index contributed by atoms with van der Waals surface area (Å²) in [5.74, 6) is 0.643. The molecule has 0 aliphatic carbocycles. The zero-order valence-electron chi connectivity index (χ0n) is 12.7. The van der Waals surface area contributed by atoms with Gasteiger partial charge < -0.3 is 9.84 Å². The van der Waals surface area contributed by atoms with Gasteiger partial charge in [0.1, 0.15) is 11.9 Å². The number of methoxy groups -OCH3 is 1. The molecule has 112 valence electrons. The fourth-order valence-electron chi connectivity index (χ4n) is 2.59. The maximum absolute atomic E-state index is 10.7. The Morgan fingerprint density at radius 1 is 1.05 bits per heavy atom. The van der Waals surface area contributed by atoms with E-state index in [-0.39, 0.29) is 0 Å². The van der Waals surface area contributed by atoms with Crippen molar-refractivity contribution in [3.05, 3.63) is 63.7 Å². The summed E-state index contributed by atoms with van der Waals surface area (Å²) in [5, 5.41) is 11.3. The molecular weight excluding hydrogens is 284 g/mol. The van der Waals surface area contributed by atoms with Crippen molar-refractivity contribution >= 4 is 11.6 Å². The molecule has 0 aliphatic rings. The van der Waals surface area contributed by atoms with Crippen molar-refractivity contribution in [2.24, 2.45) is 0 Å². The van der Waals surface area contributed by atoms with Gasteiger partial charge in [0.05, 0.1) is 7.11 Å². The molecule has 2 rings (SSSR count). The highest BCUT2D eigenvalue weighted by atomic mass is 35.5. The number of aliphatic hydroxyl groups excluding tert-OH is 1. The number of benzene rings is 2. The quantitative estimate of drug-likeness (QED) is 0.877. The first kappa shape index (κ1) is 15.9. The summed E-state index contributed by atoms with van der Waals surface area (Å²) in [5.41, 5.74) is 4.16. The average Bonchev–Trinajstić information content (AvgIpc) is 2.53. The average molecular weight is 305 g/mol. The molecule has 2 aromatic rings. The molecule has 0 radical (unpaired) electrons. The van der Waals surface area contributed by atoms with Gasteiger partial charge in [-0.25, -0.2) is 0 Å². The van der Waals surface area contributed by atoms with Gasteiger partial charge in [0.2, 0.25) is 0 Å². The predicted molar refractivity (Wildman–Crippen MR) is 87.3 cm³/mol. The molecule has 0 fully saturated rings. The van der Waals surface area contributed by atoms with E-state index < -0.39 is 6.10 Å². The lowest BCUT2D eigenvalue weighted by Crippen LogP contribution is -2.04. The Balaban J connectivity index is 2.44. The largest absolute Gasteiger partial charge is 0.496 e. The third kappa shape index (κ3) is 3.39. The van der Waals surface area contributed by atoms with Crippen LogP contribution in [0, 0.1) is 0 Å². The Morgan fingerprint density at radius 2 is 1.76 bits per heavy atom. The summed E-state index contributed by atoms with van der Waals surface area (Å²) >= 11 is 6.04. The molecule has 2 aromatic carbocycles. The van der Waals surface area contributed by atoms with Crippen LogP contribution in [0.4, 0.5) is 0 Å². The number of ether oxygens (including phenoxy) is 1. The van der Waals surface area contributed by atoms with Crippen LogP contribution in [0.2, 0.25) is 5.02 Å². The number of halogens is 1. The lowest BCUT2D eigenvalue weighted by Gasteiger charge is -2.17. The fraction of sp³-hybridized carbons (Fsp3) is 0.333. The Hall–Kier alpha value is -1.51. The van der Waals surface area contributed by atoms with Crippen molar-refractivity contribution in [2.45, 2.75) is 32.8 Å². The number of aliphatic hydroxyl groups is 1. The van der Waals surface area contributed by atoms with Gasteiger partial charge in [-0.05, 0) is 47.7 Å². The normalized spacial score (nSPS) is 12.2. The van der Waals surface area contributed by atoms with E-state index in [1.165, 1.54) is 11.1 Å². The van der Waals surface area contributed by atoms with Crippen molar-refractivity contribution in [1.29, 1.82) is 0 Å². The molecule has 0 amide bonds. The van der Waals surface area contributed by atoms with Crippen molar-refractivity contribution in [2.75, 3.05) is 7.11 Å². The van der Waals surface area contributed by atoms with E-state index in [1.807, 2.05) is 6.07 Å². The first-order valence-corrected chi connectivity index (χ1v) is 7.61. The molecule has 0 heterocycles. The molecule has 1 unspecified atom stereocenters. The first-order chi connectivity index (χ1) is 10.1. The van der Waals surface area contributed by atoms with E-state index in [2.05, 4.69) is 26.0 Å². The first-order valence-electron chi connectivity index (χ1n) is 7.23. The minimum Gasteiger partial charge on any atom is -0.496 e. The lowest BCUT2D eigenvalue weighted by atomic mass is 9.94. The Bertz CT molecular complexity index is 623. The molecule has 3 heteroatoms. The summed E-state index contributed by atoms with van der Waals surface area (Å²) in [6.45, 7) is 4.27. The molecule has 0 saturated heterocycles. The molecule has 0 saturated carbocycles. The van der Waals surface area contributed by atoms with Crippen molar-refractivity contribution in [3.63, 3.8) is 0 Å². The highest BCUT2D eigenvalue weighted by Gasteiger charge is 2.17. The number of hydrogen-bond donors (Lipinski definition) is 1. The van der Waals surface area contributed by atoms with E-state index in [4.69, 9.17) is 16.3 Å². The van der Waals surface area contributed by atoms with Gasteiger partial charge in [-0.2, -0.15) is 0 Å². The van der Waals surface area contributed by atoms with Crippen LogP contribution in [0.5, 0.6) is 5.75 Å². The molecule has 0 spiro atoms. The molecule has 1 atom stereocenters. The maximum Gasteiger partial charge on any atom is 0.125 e. The molecule has 0 aromatic heterocycles. The summed E-state index contributed by atoms with van der Waals surface area (Å²) in [7, 11) is 1.59. The van der Waals surface area contributed by atoms with Gasteiger partial charge in [-0.1, -0.05) is 43.6 Å². The fourth-order valence-corrected chi connectivity index (χ4v) is 2.77. The zero-order chi connectivity index (χ0) is 15.4. The highest BCUT2D eigenvalue weighted by molar-refractivity contribution is 6.30. The second-order valence-corrected chi connectivity index (χ2v) is 5.46. The zero-order valence-corrected chi connectivity index (χ0v) is 13.4. The second-order valence-electron chi connectivity index (χ2n) is 5.02. The Labute approximate surface area is 131 Å². The van der Waals surface area contributed by atoms with Gasteiger partial charge in [0.25, 0.3) is 0 Å². The molecule has 2 nitrogen and oxygen atoms in total. The topological polar surface area (TPSA) is 29.5 Å². The van der Waals surface area contributed by atoms with Gasteiger partial charge in [0, 0.05) is 10.6 Å². The van der Waals surface area contributed by atoms with Crippen LogP contribution in [-0.2, 0) is 12.8 Å². The lowest BCUT2D eigenvalue weighted by molar-refractivity contribution is 0.214. The molecular formula is C18H21ClO2. The Morgan fingerprint density at radius 3 is 2.38 bits per heavy atom. The van der Waals surface area contributed by atoms with Crippen LogP contribution < -0.4 is 4.74 Å². The number of hydrogen-bond acceptors (Lipinski definition) is 2. The standard InChI is InChI=1S/C18H21ClO2/c1-4-12-6-7-14(10-13(12)5-2)18(20)16-11-15(19)8-9-17(16)21-3/h6-11,18,20H,4-5H2,1-3H3. The van der Waals surface area contributed by atoms with Crippen LogP contribution >= 0.6 is 11.6 Å². The SMILES string of the molecule is CCc1ccc(C(O)c2cc(Cl)ccc2OC)cc1CC. The minimum absolute atomic E-state index is 0.589. The van der Waals surface area contributed by atoms with Gasteiger partial charge >= 0.3 is 0 Å². The highest BCUT2D eigenvalue weighted by Crippen LogP contribution is 2.33. The smallest absolute Gasteiger partial charge is 0.125 e. The summed E-state index contributed by atoms with van der Waals surface area (Å²) < 4.78 is 5.33. The van der Waals surface area contributed by atoms with Crippen LogP contribution in [0.25, 0.3) is 0 Å². The second kappa shape index (κ2) is 6.97. The molecule has 21 heavy (non-hydrogen) atoms. The monoisotopic (exact) mass is 304 g/mol. The van der Waals surface area contributed by atoms with Crippen LogP contribution in [0.3, 0.4) is 0 Å². The summed E-state index contributed by atoms with van der Waals surface area (Å²) in [4.78, 5) is 0. The van der Waals surface area contributed by atoms with Gasteiger partial charge in [0.15, 0.2) is 0 Å². The molecule has 0 bridgehead atoms. The molecule has 1 N–H and O–H groups in total. The van der Waals surface area contributed by atoms with E-state index in [0.717, 1.165) is 18.4 Å². The van der Waals surface area contributed by atoms with Crippen molar-refractivity contribution in [1.82, 2.24) is 0 Å². The van der Waals surface area contributed by atoms with E-state index in [0.29, 0.717) is 16.3 Å². The van der Waals surface area contributed by atoms with E-state index >= 15 is 0 Å². The summed E-state index contributed by atoms with van der Waals surface area (Å²) in [6.07, 6.45) is 1.21. The van der Waals surface area contributed by atoms with E-state index in [9.17, 15) is 5.11 Å². The predicted octanol–water partition coefficient (Wildman–Crippen LogP) is 4.56. The maximum atomic E-state index is 10.7. The minimum atomic E-state index is -0.741. The van der Waals surface area contributed by atoms with Crippen LogP contribution in [0.15, 0.2) is 36.4 Å².